The van der Waals surface area contributed by atoms with E-state index in [0.717, 1.165) is 19.3 Å². The standard InChI is InChI=1S/C12H14OS/c1-9-4-2-3-5-12(9)14-11-7-6-10(13)8-11/h2-5,11H,6-8H2,1H3/t11-/m0/s1. The van der Waals surface area contributed by atoms with Crippen LogP contribution < -0.4 is 0 Å². The predicted octanol–water partition coefficient (Wildman–Crippen LogP) is 3.21. The number of carbonyl (C=O) groups excluding carboxylic acids is 1. The molecular formula is C12H14OS. The van der Waals surface area contributed by atoms with E-state index in [1.54, 1.807) is 0 Å². The molecule has 1 saturated carbocycles. The molecule has 0 radical (unpaired) electrons. The SMILES string of the molecule is Cc1ccccc1S[C@H]1CCC(=O)C1. The van der Waals surface area contributed by atoms with Crippen LogP contribution in [0.3, 0.4) is 0 Å². The second-order valence-corrected chi connectivity index (χ2v) is 5.13. The number of benzene rings is 1. The van der Waals surface area contributed by atoms with E-state index in [1.165, 1.54) is 10.5 Å². The molecule has 0 aromatic heterocycles. The fraction of sp³-hybridized carbons (Fsp3) is 0.417. The van der Waals surface area contributed by atoms with Crippen LogP contribution in [0.25, 0.3) is 0 Å². The molecular weight excluding hydrogens is 192 g/mol. The Balaban J connectivity index is 2.04. The first kappa shape index (κ1) is 9.78. The largest absolute Gasteiger partial charge is 0.300 e. The third-order valence-corrected chi connectivity index (χ3v) is 4.04. The van der Waals surface area contributed by atoms with E-state index >= 15 is 0 Å². The second kappa shape index (κ2) is 4.18. The lowest BCUT2D eigenvalue weighted by molar-refractivity contribution is -0.117. The first-order chi connectivity index (χ1) is 6.75. The lowest BCUT2D eigenvalue weighted by Gasteiger charge is -2.09. The Hall–Kier alpha value is -0.760. The number of hydrogen-bond acceptors (Lipinski definition) is 2. The summed E-state index contributed by atoms with van der Waals surface area (Å²) >= 11 is 1.86. The van der Waals surface area contributed by atoms with Crippen molar-refractivity contribution >= 4 is 17.5 Å². The normalized spacial score (nSPS) is 21.5. The van der Waals surface area contributed by atoms with Crippen LogP contribution in [0.1, 0.15) is 24.8 Å². The molecule has 14 heavy (non-hydrogen) atoms. The third kappa shape index (κ3) is 2.18. The van der Waals surface area contributed by atoms with Gasteiger partial charge in [-0.25, -0.2) is 0 Å². The van der Waals surface area contributed by atoms with E-state index in [0.29, 0.717) is 11.0 Å². The average molecular weight is 206 g/mol. The number of thioether (sulfide) groups is 1. The molecule has 2 rings (SSSR count). The van der Waals surface area contributed by atoms with Crippen molar-refractivity contribution in [2.24, 2.45) is 0 Å². The zero-order chi connectivity index (χ0) is 9.97. The maximum atomic E-state index is 11.1. The molecule has 1 nitrogen and oxygen atoms in total. The number of aryl methyl sites for hydroxylation is 1. The molecule has 1 fully saturated rings. The molecule has 0 aliphatic heterocycles. The number of rotatable bonds is 2. The van der Waals surface area contributed by atoms with Crippen LogP contribution in [0.5, 0.6) is 0 Å². The van der Waals surface area contributed by atoms with Crippen LogP contribution in [-0.2, 0) is 4.79 Å². The van der Waals surface area contributed by atoms with Gasteiger partial charge in [0.2, 0.25) is 0 Å². The fourth-order valence-corrected chi connectivity index (χ4v) is 3.02. The number of carbonyl (C=O) groups is 1. The van der Waals surface area contributed by atoms with Crippen molar-refractivity contribution in [3.05, 3.63) is 29.8 Å². The van der Waals surface area contributed by atoms with Gasteiger partial charge in [-0.15, -0.1) is 11.8 Å². The predicted molar refractivity (Wildman–Crippen MR) is 59.7 cm³/mol. The van der Waals surface area contributed by atoms with Crippen molar-refractivity contribution in [2.75, 3.05) is 0 Å². The van der Waals surface area contributed by atoms with E-state index in [2.05, 4.69) is 31.2 Å². The summed E-state index contributed by atoms with van der Waals surface area (Å²) in [4.78, 5) is 12.4. The summed E-state index contributed by atoms with van der Waals surface area (Å²) in [6.45, 7) is 2.12. The van der Waals surface area contributed by atoms with Gasteiger partial charge >= 0.3 is 0 Å². The van der Waals surface area contributed by atoms with Gasteiger partial charge in [-0.2, -0.15) is 0 Å². The van der Waals surface area contributed by atoms with Crippen molar-refractivity contribution < 1.29 is 4.79 Å². The molecule has 0 amide bonds. The molecule has 0 unspecified atom stereocenters. The second-order valence-electron chi connectivity index (χ2n) is 3.79. The topological polar surface area (TPSA) is 17.1 Å². The monoisotopic (exact) mass is 206 g/mol. The lowest BCUT2D eigenvalue weighted by atomic mass is 10.2. The quantitative estimate of drug-likeness (QED) is 0.739. The Bertz CT molecular complexity index is 346. The molecule has 0 spiro atoms. The summed E-state index contributed by atoms with van der Waals surface area (Å²) in [5.74, 6) is 0.427. The smallest absolute Gasteiger partial charge is 0.134 e. The third-order valence-electron chi connectivity index (χ3n) is 2.59. The highest BCUT2D eigenvalue weighted by molar-refractivity contribution is 8.00. The molecule has 0 bridgehead atoms. The maximum absolute atomic E-state index is 11.1. The summed E-state index contributed by atoms with van der Waals surface area (Å²) < 4.78 is 0. The summed E-state index contributed by atoms with van der Waals surface area (Å²) in [5.41, 5.74) is 1.32. The Morgan fingerprint density at radius 2 is 2.14 bits per heavy atom. The van der Waals surface area contributed by atoms with Gasteiger partial charge in [0.1, 0.15) is 5.78 Å². The van der Waals surface area contributed by atoms with Crippen molar-refractivity contribution in [2.45, 2.75) is 36.3 Å². The maximum Gasteiger partial charge on any atom is 0.134 e. The summed E-state index contributed by atoms with van der Waals surface area (Å²) in [5, 5.41) is 0.517. The zero-order valence-corrected chi connectivity index (χ0v) is 9.14. The van der Waals surface area contributed by atoms with Gasteiger partial charge in [0.05, 0.1) is 0 Å². The molecule has 1 aromatic rings. The zero-order valence-electron chi connectivity index (χ0n) is 8.32. The minimum absolute atomic E-state index is 0.427. The number of ketones is 1. The molecule has 2 heteroatoms. The van der Waals surface area contributed by atoms with Gasteiger partial charge in [0.15, 0.2) is 0 Å². The van der Waals surface area contributed by atoms with Gasteiger partial charge in [0.25, 0.3) is 0 Å². The highest BCUT2D eigenvalue weighted by Crippen LogP contribution is 2.34. The van der Waals surface area contributed by atoms with Crippen LogP contribution in [0.4, 0.5) is 0 Å². The van der Waals surface area contributed by atoms with Crippen LogP contribution >= 0.6 is 11.8 Å². The van der Waals surface area contributed by atoms with Crippen LogP contribution in [-0.4, -0.2) is 11.0 Å². The summed E-state index contributed by atoms with van der Waals surface area (Å²) in [7, 11) is 0. The first-order valence-corrected chi connectivity index (χ1v) is 5.87. The van der Waals surface area contributed by atoms with Gasteiger partial charge in [-0.05, 0) is 25.0 Å². The molecule has 74 valence electrons. The van der Waals surface area contributed by atoms with Crippen LogP contribution in [0.15, 0.2) is 29.2 Å². The van der Waals surface area contributed by atoms with E-state index in [9.17, 15) is 4.79 Å². The van der Waals surface area contributed by atoms with Crippen LogP contribution in [0.2, 0.25) is 0 Å². The minimum atomic E-state index is 0.427. The van der Waals surface area contributed by atoms with E-state index in [1.807, 2.05) is 11.8 Å². The number of Topliss-reactive ketones (excluding diaryl/α,β-unsaturated/α-hetero) is 1. The van der Waals surface area contributed by atoms with Gasteiger partial charge in [-0.1, -0.05) is 18.2 Å². The molecule has 0 heterocycles. The first-order valence-electron chi connectivity index (χ1n) is 4.99. The molecule has 1 aromatic carbocycles. The van der Waals surface area contributed by atoms with Crippen molar-refractivity contribution in [1.29, 1.82) is 0 Å². The van der Waals surface area contributed by atoms with Gasteiger partial charge in [-0.3, -0.25) is 4.79 Å². The van der Waals surface area contributed by atoms with E-state index in [4.69, 9.17) is 0 Å². The Kier molecular flexibility index (Phi) is 2.92. The lowest BCUT2D eigenvalue weighted by Crippen LogP contribution is -1.96. The van der Waals surface area contributed by atoms with Crippen molar-refractivity contribution in [3.63, 3.8) is 0 Å². The number of hydrogen-bond donors (Lipinski definition) is 0. The highest BCUT2D eigenvalue weighted by atomic mass is 32.2. The Morgan fingerprint density at radius 3 is 2.79 bits per heavy atom. The molecule has 1 atom stereocenters. The highest BCUT2D eigenvalue weighted by Gasteiger charge is 2.23. The Morgan fingerprint density at radius 1 is 1.36 bits per heavy atom. The van der Waals surface area contributed by atoms with E-state index < -0.39 is 0 Å². The van der Waals surface area contributed by atoms with Gasteiger partial charge in [0, 0.05) is 23.0 Å². The van der Waals surface area contributed by atoms with Gasteiger partial charge < -0.3 is 0 Å². The molecule has 0 saturated heterocycles. The van der Waals surface area contributed by atoms with Crippen molar-refractivity contribution in [1.82, 2.24) is 0 Å². The Labute approximate surface area is 88.9 Å². The fourth-order valence-electron chi connectivity index (χ4n) is 1.75. The molecule has 0 N–H and O–H groups in total. The molecule has 1 aliphatic rings. The summed E-state index contributed by atoms with van der Waals surface area (Å²) in [6.07, 6.45) is 2.60. The molecule has 1 aliphatic carbocycles. The average Bonchev–Trinajstić information content (AvgIpc) is 2.56. The summed E-state index contributed by atoms with van der Waals surface area (Å²) in [6, 6.07) is 8.38. The van der Waals surface area contributed by atoms with Crippen LogP contribution in [0, 0.1) is 6.92 Å². The minimum Gasteiger partial charge on any atom is -0.300 e. The van der Waals surface area contributed by atoms with Crippen molar-refractivity contribution in [3.8, 4) is 0 Å². The van der Waals surface area contributed by atoms with E-state index in [-0.39, 0.29) is 0 Å².